The van der Waals surface area contributed by atoms with Crippen LogP contribution in [0.4, 0.5) is 0 Å². The standard InChI is InChI=1S/C10H15NO3S/c1-8-7-10(2,14-3)6-5-9(8)11-15(4,12)13/h5-7H,1-4H3/b11-9+. The molecule has 1 atom stereocenters. The van der Waals surface area contributed by atoms with Gasteiger partial charge in [-0.2, -0.15) is 4.40 Å². The summed E-state index contributed by atoms with van der Waals surface area (Å²) in [4.78, 5) is 0. The molecule has 0 saturated carbocycles. The van der Waals surface area contributed by atoms with Crippen molar-refractivity contribution in [2.75, 3.05) is 13.4 Å². The lowest BCUT2D eigenvalue weighted by molar-refractivity contribution is 0.0899. The third kappa shape index (κ3) is 3.28. The fraction of sp³-hybridized carbons (Fsp3) is 0.500. The molecule has 1 unspecified atom stereocenters. The maximum absolute atomic E-state index is 11.0. The lowest BCUT2D eigenvalue weighted by Crippen LogP contribution is -2.26. The minimum atomic E-state index is -3.35. The molecule has 0 heterocycles. The van der Waals surface area contributed by atoms with E-state index < -0.39 is 15.6 Å². The van der Waals surface area contributed by atoms with E-state index in [9.17, 15) is 8.42 Å². The number of ether oxygens (including phenoxy) is 1. The number of sulfonamides is 1. The molecule has 0 amide bonds. The molecular weight excluding hydrogens is 214 g/mol. The second kappa shape index (κ2) is 3.90. The maximum atomic E-state index is 11.0. The van der Waals surface area contributed by atoms with Crippen molar-refractivity contribution in [2.24, 2.45) is 4.40 Å². The lowest BCUT2D eigenvalue weighted by atomic mass is 9.94. The summed E-state index contributed by atoms with van der Waals surface area (Å²) < 4.78 is 30.9. The van der Waals surface area contributed by atoms with Gasteiger partial charge in [0.15, 0.2) is 0 Å². The van der Waals surface area contributed by atoms with Crippen LogP contribution in [0.25, 0.3) is 0 Å². The van der Waals surface area contributed by atoms with Gasteiger partial charge in [-0.25, -0.2) is 8.42 Å². The van der Waals surface area contributed by atoms with Crippen molar-refractivity contribution in [3.63, 3.8) is 0 Å². The molecule has 0 aromatic carbocycles. The number of nitrogens with zero attached hydrogens (tertiary/aromatic N) is 1. The monoisotopic (exact) mass is 229 g/mol. The van der Waals surface area contributed by atoms with Gasteiger partial charge in [-0.15, -0.1) is 0 Å². The Hall–Kier alpha value is -0.940. The highest BCUT2D eigenvalue weighted by atomic mass is 32.2. The van der Waals surface area contributed by atoms with Crippen LogP contribution in [0.1, 0.15) is 13.8 Å². The van der Waals surface area contributed by atoms with Gasteiger partial charge in [0.1, 0.15) is 5.60 Å². The Morgan fingerprint density at radius 1 is 1.47 bits per heavy atom. The van der Waals surface area contributed by atoms with Gasteiger partial charge in [0.25, 0.3) is 10.0 Å². The van der Waals surface area contributed by atoms with Crippen molar-refractivity contribution >= 4 is 15.7 Å². The van der Waals surface area contributed by atoms with Crippen molar-refractivity contribution < 1.29 is 13.2 Å². The van der Waals surface area contributed by atoms with E-state index in [1.54, 1.807) is 19.3 Å². The topological polar surface area (TPSA) is 55.7 Å². The molecule has 0 radical (unpaired) electrons. The number of hydrogen-bond donors (Lipinski definition) is 0. The first-order valence-corrected chi connectivity index (χ1v) is 6.35. The Labute approximate surface area is 90.4 Å². The van der Waals surface area contributed by atoms with Crippen LogP contribution in [-0.2, 0) is 14.8 Å². The van der Waals surface area contributed by atoms with Crippen molar-refractivity contribution in [3.05, 3.63) is 23.8 Å². The van der Waals surface area contributed by atoms with Crippen LogP contribution in [0.15, 0.2) is 28.2 Å². The summed E-state index contributed by atoms with van der Waals surface area (Å²) in [7, 11) is -1.74. The van der Waals surface area contributed by atoms with Crippen LogP contribution >= 0.6 is 0 Å². The summed E-state index contributed by atoms with van der Waals surface area (Å²) in [6.45, 7) is 3.70. The molecule has 5 heteroatoms. The highest BCUT2D eigenvalue weighted by Crippen LogP contribution is 2.21. The van der Waals surface area contributed by atoms with Gasteiger partial charge in [0, 0.05) is 7.11 Å². The van der Waals surface area contributed by atoms with Crippen LogP contribution in [0.5, 0.6) is 0 Å². The van der Waals surface area contributed by atoms with Crippen LogP contribution in [-0.4, -0.2) is 33.1 Å². The number of rotatable bonds is 2. The smallest absolute Gasteiger partial charge is 0.250 e. The van der Waals surface area contributed by atoms with Gasteiger partial charge in [-0.3, -0.25) is 0 Å². The average Bonchev–Trinajstić information content (AvgIpc) is 2.09. The Balaban J connectivity index is 3.10. The van der Waals surface area contributed by atoms with E-state index >= 15 is 0 Å². The van der Waals surface area contributed by atoms with Gasteiger partial charge < -0.3 is 4.74 Å². The molecule has 0 bridgehead atoms. The predicted molar refractivity (Wildman–Crippen MR) is 60.6 cm³/mol. The van der Waals surface area contributed by atoms with E-state index in [-0.39, 0.29) is 0 Å². The van der Waals surface area contributed by atoms with Crippen molar-refractivity contribution in [2.45, 2.75) is 19.4 Å². The van der Waals surface area contributed by atoms with Crippen molar-refractivity contribution in [1.29, 1.82) is 0 Å². The first kappa shape index (κ1) is 12.1. The van der Waals surface area contributed by atoms with Crippen LogP contribution in [0, 0.1) is 0 Å². The molecule has 0 aromatic rings. The molecule has 0 N–H and O–H groups in total. The fourth-order valence-corrected chi connectivity index (χ4v) is 1.90. The quantitative estimate of drug-likeness (QED) is 0.717. The van der Waals surface area contributed by atoms with E-state index in [2.05, 4.69) is 4.40 Å². The molecule has 0 saturated heterocycles. The number of allylic oxidation sites excluding steroid dienone is 2. The molecule has 84 valence electrons. The predicted octanol–water partition coefficient (Wildman–Crippen LogP) is 1.31. The highest BCUT2D eigenvalue weighted by Gasteiger charge is 2.22. The fourth-order valence-electron chi connectivity index (χ4n) is 1.34. The molecule has 1 aliphatic carbocycles. The third-order valence-electron chi connectivity index (χ3n) is 2.18. The molecule has 1 aliphatic rings. The second-order valence-electron chi connectivity index (χ2n) is 3.76. The van der Waals surface area contributed by atoms with Crippen LogP contribution < -0.4 is 0 Å². The summed E-state index contributed by atoms with van der Waals surface area (Å²) >= 11 is 0. The highest BCUT2D eigenvalue weighted by molar-refractivity contribution is 7.89. The normalized spacial score (nSPS) is 29.3. The molecule has 0 aliphatic heterocycles. The van der Waals surface area contributed by atoms with Crippen molar-refractivity contribution in [1.82, 2.24) is 0 Å². The number of hydrogen-bond acceptors (Lipinski definition) is 3. The third-order valence-corrected chi connectivity index (χ3v) is 2.71. The van der Waals surface area contributed by atoms with E-state index in [1.165, 1.54) is 0 Å². The van der Waals surface area contributed by atoms with Crippen LogP contribution in [0.3, 0.4) is 0 Å². The molecule has 4 nitrogen and oxygen atoms in total. The summed E-state index contributed by atoms with van der Waals surface area (Å²) in [5.74, 6) is 0. The Kier molecular flexibility index (Phi) is 3.16. The van der Waals surface area contributed by atoms with Gasteiger partial charge in [0.05, 0.1) is 12.0 Å². The molecule has 0 spiro atoms. The van der Waals surface area contributed by atoms with Gasteiger partial charge >= 0.3 is 0 Å². The number of methoxy groups -OCH3 is 1. The Morgan fingerprint density at radius 2 is 2.07 bits per heavy atom. The van der Waals surface area contributed by atoms with Gasteiger partial charge in [-0.05, 0) is 37.6 Å². The van der Waals surface area contributed by atoms with E-state index in [0.29, 0.717) is 5.71 Å². The zero-order valence-corrected chi connectivity index (χ0v) is 10.1. The largest absolute Gasteiger partial charge is 0.370 e. The minimum absolute atomic E-state index is 0.465. The summed E-state index contributed by atoms with van der Waals surface area (Å²) in [6, 6.07) is 0. The Bertz CT molecular complexity index is 445. The molecule has 1 rings (SSSR count). The molecule has 0 aromatic heterocycles. The van der Waals surface area contributed by atoms with Crippen LogP contribution in [0.2, 0.25) is 0 Å². The average molecular weight is 229 g/mol. The summed E-state index contributed by atoms with van der Waals surface area (Å²) in [6.07, 6.45) is 6.37. The zero-order valence-electron chi connectivity index (χ0n) is 9.31. The van der Waals surface area contributed by atoms with E-state index in [1.807, 2.05) is 19.9 Å². The zero-order chi connectivity index (χ0) is 11.7. The van der Waals surface area contributed by atoms with Gasteiger partial charge in [-0.1, -0.05) is 0 Å². The lowest BCUT2D eigenvalue weighted by Gasteiger charge is -2.24. The second-order valence-corrected chi connectivity index (χ2v) is 5.41. The SMILES string of the molecule is COC1(C)C=C/C(=N\S(C)(=O)=O)C(C)=C1. The summed E-state index contributed by atoms with van der Waals surface area (Å²) in [5, 5.41) is 0. The first-order chi connectivity index (χ1) is 6.76. The van der Waals surface area contributed by atoms with Crippen molar-refractivity contribution in [3.8, 4) is 0 Å². The Morgan fingerprint density at radius 3 is 2.47 bits per heavy atom. The molecule has 15 heavy (non-hydrogen) atoms. The maximum Gasteiger partial charge on any atom is 0.250 e. The molecular formula is C10H15NO3S. The minimum Gasteiger partial charge on any atom is -0.370 e. The van der Waals surface area contributed by atoms with E-state index in [4.69, 9.17) is 4.74 Å². The first-order valence-electron chi connectivity index (χ1n) is 4.50. The molecule has 0 fully saturated rings. The van der Waals surface area contributed by atoms with Gasteiger partial charge in [0.2, 0.25) is 0 Å². The summed E-state index contributed by atoms with van der Waals surface area (Å²) in [5.41, 5.74) is 0.792. The van der Waals surface area contributed by atoms with E-state index in [0.717, 1.165) is 11.8 Å².